The van der Waals surface area contributed by atoms with Crippen molar-refractivity contribution in [2.75, 3.05) is 53.1 Å². The van der Waals surface area contributed by atoms with Gasteiger partial charge in [-0.25, -0.2) is 0 Å². The Kier molecular flexibility index (Phi) is 12.3. The van der Waals surface area contributed by atoms with Crippen molar-refractivity contribution in [3.8, 4) is 11.8 Å². The van der Waals surface area contributed by atoms with E-state index in [2.05, 4.69) is 16.3 Å². The summed E-state index contributed by atoms with van der Waals surface area (Å²) >= 11 is 12.8. The number of carbonyl (C=O) groups excluding carboxylic acids is 2. The molecule has 4 aromatic carbocycles. The molecule has 0 aliphatic carbocycles. The van der Waals surface area contributed by atoms with Crippen LogP contribution in [-0.2, 0) is 15.6 Å². The van der Waals surface area contributed by atoms with Crippen molar-refractivity contribution in [3.63, 3.8) is 0 Å². The average Bonchev–Trinajstić information content (AvgIpc) is 3.13. The van der Waals surface area contributed by atoms with Crippen LogP contribution in [0.15, 0.2) is 77.7 Å². The average molecular weight is 720 g/mol. The Morgan fingerprint density at radius 3 is 2.49 bits per heavy atom. The number of fused-ring (bicyclic) bond motifs is 1. The highest BCUT2D eigenvalue weighted by molar-refractivity contribution is 7.84. The molecule has 1 N–H and O–H groups in total. The predicted octanol–water partition coefficient (Wildman–Crippen LogP) is 7.01. The maximum Gasteiger partial charge on any atom is 0.255 e. The molecule has 1 aliphatic rings. The summed E-state index contributed by atoms with van der Waals surface area (Å²) in [6, 6.07) is 24.4. The van der Waals surface area contributed by atoms with Gasteiger partial charge in [-0.2, -0.15) is 5.26 Å². The first-order valence-electron chi connectivity index (χ1n) is 16.2. The molecule has 0 saturated carbocycles. The number of amides is 2. The molecule has 1 heterocycles. The molecule has 0 radical (unpaired) electrons. The minimum absolute atomic E-state index is 0.146. The first-order chi connectivity index (χ1) is 23.6. The number of likely N-dealkylation sites (N-methyl/N-ethyl adjacent to an activating group) is 1. The zero-order valence-corrected chi connectivity index (χ0v) is 30.2. The largest absolute Gasteiger partial charge is 0.497 e. The van der Waals surface area contributed by atoms with Gasteiger partial charge in [0.25, 0.3) is 5.91 Å². The number of hydrogen-bond acceptors (Lipinski definition) is 6. The lowest BCUT2D eigenvalue weighted by molar-refractivity contribution is -0.121. The minimum Gasteiger partial charge on any atom is -0.497 e. The highest BCUT2D eigenvalue weighted by Gasteiger charge is 2.28. The van der Waals surface area contributed by atoms with E-state index in [-0.39, 0.29) is 30.8 Å². The van der Waals surface area contributed by atoms with Crippen LogP contribution < -0.4 is 10.1 Å². The molecular formula is C38H40Cl2N4O4S. The lowest BCUT2D eigenvalue weighted by atomic mass is 9.88. The fourth-order valence-corrected chi connectivity index (χ4v) is 7.78. The minimum atomic E-state index is -1.13. The Bertz CT molecular complexity index is 1900. The Hall–Kier alpha value is -3.94. The number of halogens is 2. The van der Waals surface area contributed by atoms with E-state index in [1.54, 1.807) is 43.5 Å². The summed E-state index contributed by atoms with van der Waals surface area (Å²) in [5.41, 5.74) is 2.78. The van der Waals surface area contributed by atoms with Gasteiger partial charge in [-0.15, -0.1) is 0 Å². The third-order valence-corrected chi connectivity index (χ3v) is 11.0. The van der Waals surface area contributed by atoms with E-state index < -0.39 is 10.8 Å². The van der Waals surface area contributed by atoms with E-state index in [9.17, 15) is 19.1 Å². The van der Waals surface area contributed by atoms with E-state index in [1.165, 1.54) is 0 Å². The number of rotatable bonds is 12. The van der Waals surface area contributed by atoms with Gasteiger partial charge in [0, 0.05) is 36.2 Å². The van der Waals surface area contributed by atoms with Gasteiger partial charge in [-0.3, -0.25) is 13.8 Å². The maximum absolute atomic E-state index is 14.3. The molecule has 1 aliphatic heterocycles. The lowest BCUT2D eigenvalue weighted by Gasteiger charge is -2.34. The van der Waals surface area contributed by atoms with Gasteiger partial charge in [-0.05, 0) is 103 Å². The highest BCUT2D eigenvalue weighted by Crippen LogP contribution is 2.35. The van der Waals surface area contributed by atoms with Gasteiger partial charge in [0.15, 0.2) is 0 Å². The molecule has 49 heavy (non-hydrogen) atoms. The van der Waals surface area contributed by atoms with Crippen LogP contribution in [0.3, 0.4) is 0 Å². The molecule has 0 bridgehead atoms. The Balaban J connectivity index is 1.38. The van der Waals surface area contributed by atoms with Gasteiger partial charge in [0.2, 0.25) is 5.91 Å². The van der Waals surface area contributed by atoms with Crippen LogP contribution in [0.25, 0.3) is 10.8 Å². The number of nitrogens with zero attached hydrogens (tertiary/aromatic N) is 3. The van der Waals surface area contributed by atoms with Gasteiger partial charge in [0.1, 0.15) is 5.75 Å². The molecule has 0 aromatic heterocycles. The van der Waals surface area contributed by atoms with Crippen LogP contribution in [0.1, 0.15) is 58.1 Å². The molecule has 0 spiro atoms. The summed E-state index contributed by atoms with van der Waals surface area (Å²) in [4.78, 5) is 31.9. The second kappa shape index (κ2) is 16.6. The molecule has 2 atom stereocenters. The summed E-state index contributed by atoms with van der Waals surface area (Å²) in [6.45, 7) is 2.61. The number of methoxy groups -OCH3 is 1. The summed E-state index contributed by atoms with van der Waals surface area (Å²) < 4.78 is 17.9. The number of nitrogens with one attached hydrogen (secondary N) is 1. The normalized spacial score (nSPS) is 14.9. The topological polar surface area (TPSA) is 103 Å². The highest BCUT2D eigenvalue weighted by atomic mass is 35.5. The van der Waals surface area contributed by atoms with Crippen molar-refractivity contribution in [1.29, 1.82) is 5.26 Å². The van der Waals surface area contributed by atoms with E-state index in [1.807, 2.05) is 54.6 Å². The first kappa shape index (κ1) is 36.3. The Morgan fingerprint density at radius 2 is 1.82 bits per heavy atom. The van der Waals surface area contributed by atoms with Crippen molar-refractivity contribution in [2.45, 2.75) is 36.0 Å². The third-order valence-electron chi connectivity index (χ3n) is 9.33. The van der Waals surface area contributed by atoms with E-state index in [0.717, 1.165) is 53.9 Å². The van der Waals surface area contributed by atoms with Crippen molar-refractivity contribution in [2.24, 2.45) is 0 Å². The summed E-state index contributed by atoms with van der Waals surface area (Å²) in [7, 11) is 2.03. The van der Waals surface area contributed by atoms with E-state index in [4.69, 9.17) is 27.9 Å². The van der Waals surface area contributed by atoms with Crippen LogP contribution in [0.5, 0.6) is 5.75 Å². The smallest absolute Gasteiger partial charge is 0.255 e. The van der Waals surface area contributed by atoms with Gasteiger partial charge in [-0.1, -0.05) is 59.6 Å². The van der Waals surface area contributed by atoms with Crippen molar-refractivity contribution < 1.29 is 18.5 Å². The van der Waals surface area contributed by atoms with Crippen molar-refractivity contribution in [3.05, 3.63) is 105 Å². The molecular weight excluding hydrogens is 679 g/mol. The Labute approximate surface area is 300 Å². The van der Waals surface area contributed by atoms with Gasteiger partial charge in [0.05, 0.1) is 46.1 Å². The molecule has 0 unspecified atom stereocenters. The number of nitriles is 1. The number of piperidine rings is 1. The second-order valence-corrected chi connectivity index (χ2v) is 14.5. The summed E-state index contributed by atoms with van der Waals surface area (Å²) in [5, 5.41) is 14.7. The third kappa shape index (κ3) is 8.81. The molecule has 1 fully saturated rings. The standard InChI is InChI=1S/C38H40Cl2N4O4S/c1-42-37(45)24-44(38(46)33-19-25(22-41)18-28-6-4-5-7-31(28)33)23-29(27-8-11-34(39)35(40)20-27)14-17-43-15-12-26(13-16-43)32-10-9-30(48-2)21-36(32)49(3)47/h4-11,18-21,26,29H,12-17,23-24H2,1-3H3,(H,42,45)/t29-,49+/m1/s1. The molecule has 8 nitrogen and oxygen atoms in total. The number of ether oxygens (including phenoxy) is 1. The Morgan fingerprint density at radius 1 is 1.06 bits per heavy atom. The van der Waals surface area contributed by atoms with Crippen LogP contribution in [0, 0.1) is 11.3 Å². The molecule has 2 amide bonds. The number of carbonyl (C=O) groups is 2. The van der Waals surface area contributed by atoms with E-state index >= 15 is 0 Å². The van der Waals surface area contributed by atoms with Crippen LogP contribution >= 0.6 is 23.2 Å². The zero-order valence-electron chi connectivity index (χ0n) is 27.9. The van der Waals surface area contributed by atoms with Gasteiger partial charge < -0.3 is 19.9 Å². The van der Waals surface area contributed by atoms with Gasteiger partial charge >= 0.3 is 0 Å². The maximum atomic E-state index is 14.3. The summed E-state index contributed by atoms with van der Waals surface area (Å²) in [6.07, 6.45) is 4.26. The van der Waals surface area contributed by atoms with Crippen molar-refractivity contribution in [1.82, 2.24) is 15.1 Å². The van der Waals surface area contributed by atoms with Crippen molar-refractivity contribution >= 4 is 56.6 Å². The molecule has 11 heteroatoms. The zero-order chi connectivity index (χ0) is 35.1. The quantitative estimate of drug-likeness (QED) is 0.169. The molecule has 4 aromatic rings. The van der Waals surface area contributed by atoms with Crippen LogP contribution in [0.2, 0.25) is 10.0 Å². The van der Waals surface area contributed by atoms with Crippen LogP contribution in [-0.4, -0.2) is 79.0 Å². The molecule has 1 saturated heterocycles. The number of likely N-dealkylation sites (tertiary alicyclic amines) is 1. The number of benzene rings is 4. The van der Waals surface area contributed by atoms with Crippen LogP contribution in [0.4, 0.5) is 0 Å². The monoisotopic (exact) mass is 718 g/mol. The molecule has 5 rings (SSSR count). The fourth-order valence-electron chi connectivity index (χ4n) is 6.62. The van der Waals surface area contributed by atoms with E-state index in [0.29, 0.717) is 44.6 Å². The lowest BCUT2D eigenvalue weighted by Crippen LogP contribution is -2.42. The second-order valence-electron chi connectivity index (χ2n) is 12.3. The summed E-state index contributed by atoms with van der Waals surface area (Å²) in [5.74, 6) is 0.213. The fraction of sp³-hybridized carbons (Fsp3) is 0.342. The SMILES string of the molecule is CNC(=O)CN(C[C@@H](CCN1CCC(c2ccc(OC)cc2[S@](C)=O)CC1)c1ccc(Cl)c(Cl)c1)C(=O)c1cc(C#N)cc2ccccc12. The predicted molar refractivity (Wildman–Crippen MR) is 196 cm³/mol. The molecule has 256 valence electrons. The first-order valence-corrected chi connectivity index (χ1v) is 18.5. The number of hydrogen-bond donors (Lipinski definition) is 1.